The summed E-state index contributed by atoms with van der Waals surface area (Å²) in [6, 6.07) is -2.65. The summed E-state index contributed by atoms with van der Waals surface area (Å²) in [6.45, 7) is 0. The Hall–Kier alpha value is 0.567. The third-order valence-electron chi connectivity index (χ3n) is 2.86. The molecule has 0 bridgehead atoms. The molecule has 0 aromatic carbocycles. The van der Waals surface area contributed by atoms with Gasteiger partial charge in [0.15, 0.2) is 0 Å². The molecule has 0 atom stereocenters. The van der Waals surface area contributed by atoms with Crippen LogP contribution in [0.5, 0.6) is 0 Å². The van der Waals surface area contributed by atoms with Gasteiger partial charge in [0, 0.05) is 0 Å². The number of hydrogen-bond donors (Lipinski definition) is 0. The normalized spacial score (nSPS) is 26.1. The molecule has 1 aliphatic carbocycles. The molecule has 0 aromatic heterocycles. The van der Waals surface area contributed by atoms with Crippen LogP contribution in [0.2, 0.25) is 0 Å². The fraction of sp³-hybridized carbons (Fsp3) is 0.667. The summed E-state index contributed by atoms with van der Waals surface area (Å²) in [5, 5.41) is 1.05. The third-order valence-corrected chi connectivity index (χ3v) is 6.19. The van der Waals surface area contributed by atoms with Crippen LogP contribution in [0, 0.1) is 0 Å². The molecule has 0 unspecified atom stereocenters. The van der Waals surface area contributed by atoms with Gasteiger partial charge in [0.05, 0.1) is 0 Å². The average Bonchev–Trinajstić information content (AvgIpc) is 2.16. The third kappa shape index (κ3) is 6.34. The van der Waals surface area contributed by atoms with E-state index in [0.717, 1.165) is 24.5 Å². The fourth-order valence-electron chi connectivity index (χ4n) is 1.88. The minimum Gasteiger partial charge on any atom is -0.121 e. The van der Waals surface area contributed by atoms with Gasteiger partial charge < -0.3 is 0 Å². The van der Waals surface area contributed by atoms with E-state index in [2.05, 4.69) is 12.2 Å². The van der Waals surface area contributed by atoms with Gasteiger partial charge in [-0.1, -0.05) is 43.9 Å². The van der Waals surface area contributed by atoms with Gasteiger partial charge in [-0.15, -0.1) is 33.2 Å². The summed E-state index contributed by atoms with van der Waals surface area (Å²) in [6.07, 6.45) is 16.1. The first-order valence-electron chi connectivity index (χ1n) is 6.03. The first-order valence-corrected chi connectivity index (χ1v) is 11.1. The molecular weight excluding hydrogens is 279 g/mol. The van der Waals surface area contributed by atoms with Crippen molar-refractivity contribution in [1.29, 1.82) is 0 Å². The van der Waals surface area contributed by atoms with Crippen LogP contribution in [0.3, 0.4) is 0 Å². The maximum absolute atomic E-state index is 6.07. The summed E-state index contributed by atoms with van der Waals surface area (Å²) in [4.78, 5) is 0. The van der Waals surface area contributed by atoms with E-state index in [1.54, 1.807) is 0 Å². The molecule has 0 spiro atoms. The van der Waals surface area contributed by atoms with Crippen molar-refractivity contribution in [2.24, 2.45) is 0 Å². The minimum absolute atomic E-state index is 0.951. The highest BCUT2D eigenvalue weighted by atomic mass is 35.8. The van der Waals surface area contributed by atoms with Crippen LogP contribution in [0.15, 0.2) is 23.4 Å². The second kappa shape index (κ2) is 7.81. The van der Waals surface area contributed by atoms with Crippen molar-refractivity contribution in [3.63, 3.8) is 0 Å². The van der Waals surface area contributed by atoms with Gasteiger partial charge in [0.1, 0.15) is 0 Å². The van der Waals surface area contributed by atoms with E-state index in [4.69, 9.17) is 33.2 Å². The highest BCUT2D eigenvalue weighted by Gasteiger charge is 2.29. The molecular formula is C12H19Cl3Si. The van der Waals surface area contributed by atoms with Gasteiger partial charge in [0.2, 0.25) is 0 Å². The molecule has 1 aliphatic rings. The molecule has 0 nitrogen and oxygen atoms in total. The second-order valence-electron chi connectivity index (χ2n) is 4.28. The van der Waals surface area contributed by atoms with Crippen LogP contribution in [0.25, 0.3) is 0 Å². The van der Waals surface area contributed by atoms with Gasteiger partial charge in [-0.2, -0.15) is 0 Å². The van der Waals surface area contributed by atoms with E-state index in [0.29, 0.717) is 0 Å². The van der Waals surface area contributed by atoms with Gasteiger partial charge >= 0.3 is 6.00 Å². The van der Waals surface area contributed by atoms with Crippen LogP contribution >= 0.6 is 33.2 Å². The van der Waals surface area contributed by atoms with Crippen LogP contribution in [0.4, 0.5) is 0 Å². The Bertz CT molecular complexity index is 253. The van der Waals surface area contributed by atoms with Crippen molar-refractivity contribution in [2.45, 2.75) is 51.4 Å². The first-order chi connectivity index (χ1) is 7.61. The molecule has 0 heterocycles. The molecule has 0 N–H and O–H groups in total. The number of halogens is 3. The van der Waals surface area contributed by atoms with Crippen molar-refractivity contribution < 1.29 is 0 Å². The Kier molecular flexibility index (Phi) is 7.14. The zero-order valence-electron chi connectivity index (χ0n) is 9.52. The van der Waals surface area contributed by atoms with Gasteiger partial charge in [0.25, 0.3) is 0 Å². The Balaban J connectivity index is 2.61. The molecule has 1 rings (SSSR count). The van der Waals surface area contributed by atoms with E-state index < -0.39 is 6.00 Å². The zero-order valence-corrected chi connectivity index (χ0v) is 12.8. The number of allylic oxidation sites excluding steroid dienone is 4. The molecule has 0 aromatic rings. The predicted molar refractivity (Wildman–Crippen MR) is 77.5 cm³/mol. The molecule has 0 aliphatic heterocycles. The topological polar surface area (TPSA) is 0 Å². The quantitative estimate of drug-likeness (QED) is 0.424. The lowest BCUT2D eigenvalue weighted by molar-refractivity contribution is 0.598. The van der Waals surface area contributed by atoms with Crippen LogP contribution < -0.4 is 0 Å². The van der Waals surface area contributed by atoms with E-state index in [1.807, 2.05) is 6.08 Å². The maximum atomic E-state index is 6.07. The standard InChI is InChI=1S/C12H19Cl3Si/c13-16(14,15)12-10-8-6-4-2-1-3-5-7-9-11-12/h6,8,10H,1-5,7,9,11H2/b8-6+,12-10+. The fourth-order valence-corrected chi connectivity index (χ4v) is 4.05. The SMILES string of the molecule is Cl[Si](Cl)(Cl)/C1=C/C=C/CCCCCCCC1. The number of rotatable bonds is 1. The number of hydrogen-bond acceptors (Lipinski definition) is 0. The lowest BCUT2D eigenvalue weighted by Gasteiger charge is -2.13. The predicted octanol–water partition coefficient (Wildman–Crippen LogP) is 5.80. The lowest BCUT2D eigenvalue weighted by Crippen LogP contribution is -2.14. The van der Waals surface area contributed by atoms with Crippen molar-refractivity contribution in [1.82, 2.24) is 0 Å². The molecule has 0 saturated heterocycles. The van der Waals surface area contributed by atoms with E-state index in [1.165, 1.54) is 32.1 Å². The van der Waals surface area contributed by atoms with Gasteiger partial charge in [-0.3, -0.25) is 0 Å². The monoisotopic (exact) mass is 296 g/mol. The van der Waals surface area contributed by atoms with E-state index in [-0.39, 0.29) is 0 Å². The Morgan fingerprint density at radius 2 is 1.50 bits per heavy atom. The summed E-state index contributed by atoms with van der Waals surface area (Å²) < 4.78 is 0. The maximum Gasteiger partial charge on any atom is 0.368 e. The average molecular weight is 298 g/mol. The molecule has 16 heavy (non-hydrogen) atoms. The van der Waals surface area contributed by atoms with Crippen LogP contribution in [-0.2, 0) is 0 Å². The van der Waals surface area contributed by atoms with E-state index >= 15 is 0 Å². The highest BCUT2D eigenvalue weighted by Crippen LogP contribution is 2.32. The summed E-state index contributed by atoms with van der Waals surface area (Å²) in [5.74, 6) is 0. The van der Waals surface area contributed by atoms with E-state index in [9.17, 15) is 0 Å². The zero-order chi connectivity index (χ0) is 11.9. The molecule has 0 fully saturated rings. The van der Waals surface area contributed by atoms with Gasteiger partial charge in [-0.05, 0) is 30.9 Å². The first kappa shape index (κ1) is 14.6. The van der Waals surface area contributed by atoms with Crippen LogP contribution in [-0.4, -0.2) is 6.00 Å². The lowest BCUT2D eigenvalue weighted by atomic mass is 10.1. The summed E-state index contributed by atoms with van der Waals surface area (Å²) in [5.41, 5.74) is 0. The highest BCUT2D eigenvalue weighted by molar-refractivity contribution is 7.67. The molecule has 0 radical (unpaired) electrons. The van der Waals surface area contributed by atoms with Crippen LogP contribution in [0.1, 0.15) is 51.4 Å². The smallest absolute Gasteiger partial charge is 0.121 e. The summed E-state index contributed by atoms with van der Waals surface area (Å²) in [7, 11) is 0. The Labute approximate surface area is 114 Å². The minimum atomic E-state index is -2.65. The van der Waals surface area contributed by atoms with Crippen molar-refractivity contribution in [3.05, 3.63) is 23.4 Å². The van der Waals surface area contributed by atoms with Gasteiger partial charge in [-0.25, -0.2) is 0 Å². The Morgan fingerprint density at radius 1 is 0.875 bits per heavy atom. The largest absolute Gasteiger partial charge is 0.368 e. The molecule has 0 amide bonds. The second-order valence-corrected chi connectivity index (χ2v) is 12.8. The van der Waals surface area contributed by atoms with Crippen molar-refractivity contribution in [2.75, 3.05) is 0 Å². The van der Waals surface area contributed by atoms with Crippen molar-refractivity contribution in [3.8, 4) is 0 Å². The summed E-state index contributed by atoms with van der Waals surface area (Å²) >= 11 is 18.2. The molecule has 92 valence electrons. The van der Waals surface area contributed by atoms with Crippen molar-refractivity contribution >= 4 is 39.2 Å². The molecule has 0 saturated carbocycles. The molecule has 4 heteroatoms. The Morgan fingerprint density at radius 3 is 2.19 bits per heavy atom.